The molecule has 0 bridgehead atoms. The fourth-order valence-corrected chi connectivity index (χ4v) is 1.75. The topological polar surface area (TPSA) is 47.0 Å². The predicted octanol–water partition coefficient (Wildman–Crippen LogP) is 4.21. The molecule has 1 heterocycles. The Bertz CT molecular complexity index is 662. The van der Waals surface area contributed by atoms with Crippen molar-refractivity contribution in [2.75, 3.05) is 12.4 Å². The molecule has 0 fully saturated rings. The van der Waals surface area contributed by atoms with Gasteiger partial charge in [0, 0.05) is 11.3 Å². The zero-order chi connectivity index (χ0) is 15.6. The van der Waals surface area contributed by atoms with Gasteiger partial charge >= 0.3 is 12.2 Å². The summed E-state index contributed by atoms with van der Waals surface area (Å²) in [5.74, 6) is 0.283. The minimum atomic E-state index is -4.41. The van der Waals surface area contributed by atoms with Crippen molar-refractivity contribution in [3.63, 3.8) is 0 Å². The summed E-state index contributed by atoms with van der Waals surface area (Å²) in [5, 5.41) is 2.95. The first-order chi connectivity index (χ1) is 9.81. The molecule has 1 aromatic heterocycles. The van der Waals surface area contributed by atoms with Gasteiger partial charge in [0.05, 0.1) is 12.7 Å². The molecular weight excluding hydrogens is 307 g/mol. The summed E-state index contributed by atoms with van der Waals surface area (Å²) in [6.07, 6.45) is -4.41. The molecule has 0 amide bonds. The molecule has 2 rings (SSSR count). The molecule has 0 atom stereocenters. The average molecular weight is 318 g/mol. The molecular formula is C13H11ClF3N3O. The molecule has 112 valence electrons. The second-order valence-electron chi connectivity index (χ2n) is 4.18. The second kappa shape index (κ2) is 5.77. The largest absolute Gasteiger partial charge is 0.467 e. The Morgan fingerprint density at radius 2 is 1.95 bits per heavy atom. The zero-order valence-electron chi connectivity index (χ0n) is 11.1. The lowest BCUT2D eigenvalue weighted by Gasteiger charge is -2.12. The summed E-state index contributed by atoms with van der Waals surface area (Å²) in [7, 11) is 1.37. The number of halogens is 4. The van der Waals surface area contributed by atoms with Crippen molar-refractivity contribution >= 4 is 23.1 Å². The third-order valence-corrected chi connectivity index (χ3v) is 3.07. The number of aromatic nitrogens is 2. The summed E-state index contributed by atoms with van der Waals surface area (Å²) >= 11 is 5.92. The first kappa shape index (κ1) is 15.4. The van der Waals surface area contributed by atoms with Crippen molar-refractivity contribution in [2.24, 2.45) is 0 Å². The van der Waals surface area contributed by atoms with E-state index in [2.05, 4.69) is 15.3 Å². The van der Waals surface area contributed by atoms with E-state index in [1.807, 2.05) is 0 Å². The van der Waals surface area contributed by atoms with Crippen LogP contribution in [0.4, 0.5) is 24.7 Å². The molecule has 21 heavy (non-hydrogen) atoms. The summed E-state index contributed by atoms with van der Waals surface area (Å²) in [4.78, 5) is 7.89. The third kappa shape index (κ3) is 3.55. The van der Waals surface area contributed by atoms with E-state index in [9.17, 15) is 13.2 Å². The fraction of sp³-hybridized carbons (Fsp3) is 0.231. The summed E-state index contributed by atoms with van der Waals surface area (Å²) in [6.45, 7) is 1.65. The van der Waals surface area contributed by atoms with Crippen LogP contribution in [-0.2, 0) is 6.18 Å². The Morgan fingerprint density at radius 1 is 1.24 bits per heavy atom. The van der Waals surface area contributed by atoms with Gasteiger partial charge in [-0.1, -0.05) is 17.7 Å². The molecule has 0 spiro atoms. The molecule has 0 saturated heterocycles. The number of methoxy groups -OCH3 is 1. The van der Waals surface area contributed by atoms with Gasteiger partial charge in [-0.25, -0.2) is 0 Å². The van der Waals surface area contributed by atoms with Gasteiger partial charge in [0.15, 0.2) is 0 Å². The van der Waals surface area contributed by atoms with Crippen LogP contribution in [0.25, 0.3) is 0 Å². The molecule has 0 aliphatic heterocycles. The molecule has 8 heteroatoms. The van der Waals surface area contributed by atoms with Gasteiger partial charge in [0.25, 0.3) is 0 Å². The van der Waals surface area contributed by atoms with Crippen molar-refractivity contribution in [1.29, 1.82) is 0 Å². The number of hydrogen-bond donors (Lipinski definition) is 1. The number of nitrogens with zero attached hydrogens (tertiary/aromatic N) is 2. The first-order valence-corrected chi connectivity index (χ1v) is 6.21. The molecule has 0 saturated carbocycles. The van der Waals surface area contributed by atoms with Crippen molar-refractivity contribution in [3.05, 3.63) is 40.5 Å². The number of rotatable bonds is 3. The van der Waals surface area contributed by atoms with Crippen LogP contribution < -0.4 is 10.1 Å². The van der Waals surface area contributed by atoms with Crippen LogP contribution in [0.5, 0.6) is 6.01 Å². The van der Waals surface area contributed by atoms with Gasteiger partial charge in [0.1, 0.15) is 11.0 Å². The summed E-state index contributed by atoms with van der Waals surface area (Å²) in [6, 6.07) is 4.81. The quantitative estimate of drug-likeness (QED) is 0.861. The number of nitrogens with one attached hydrogen (secondary N) is 1. The zero-order valence-corrected chi connectivity index (χ0v) is 11.9. The van der Waals surface area contributed by atoms with E-state index in [0.717, 1.165) is 12.1 Å². The van der Waals surface area contributed by atoms with Crippen LogP contribution in [0.1, 0.15) is 11.1 Å². The van der Waals surface area contributed by atoms with E-state index in [1.165, 1.54) is 19.2 Å². The summed E-state index contributed by atoms with van der Waals surface area (Å²) in [5.41, 5.74) is -0.00288. The maximum atomic E-state index is 12.7. The van der Waals surface area contributed by atoms with E-state index in [0.29, 0.717) is 5.56 Å². The molecule has 1 N–H and O–H groups in total. The maximum absolute atomic E-state index is 12.7. The van der Waals surface area contributed by atoms with Crippen molar-refractivity contribution in [2.45, 2.75) is 13.1 Å². The van der Waals surface area contributed by atoms with Gasteiger partial charge in [0.2, 0.25) is 0 Å². The fourth-order valence-electron chi connectivity index (χ4n) is 1.59. The predicted molar refractivity (Wildman–Crippen MR) is 73.1 cm³/mol. The second-order valence-corrected chi connectivity index (χ2v) is 4.54. The van der Waals surface area contributed by atoms with E-state index >= 15 is 0 Å². The van der Waals surface area contributed by atoms with E-state index in [4.69, 9.17) is 16.3 Å². The van der Waals surface area contributed by atoms with Gasteiger partial charge in [-0.15, -0.1) is 0 Å². The Kier molecular flexibility index (Phi) is 4.22. The SMILES string of the molecule is COc1nc(Cl)c(C)c(Nc2cccc(C(F)(F)F)c2)n1. The number of ether oxygens (including phenoxy) is 1. The molecule has 2 aromatic rings. The lowest BCUT2D eigenvalue weighted by Crippen LogP contribution is -2.06. The minimum Gasteiger partial charge on any atom is -0.467 e. The summed E-state index contributed by atoms with van der Waals surface area (Å²) < 4.78 is 42.9. The normalized spacial score (nSPS) is 11.3. The molecule has 1 aromatic carbocycles. The number of benzene rings is 1. The Labute approximate surface area is 123 Å². The molecule has 0 aliphatic carbocycles. The van der Waals surface area contributed by atoms with Crippen LogP contribution in [-0.4, -0.2) is 17.1 Å². The first-order valence-electron chi connectivity index (χ1n) is 5.83. The molecule has 4 nitrogen and oxygen atoms in total. The van der Waals surface area contributed by atoms with E-state index in [1.54, 1.807) is 6.92 Å². The lowest BCUT2D eigenvalue weighted by atomic mass is 10.2. The van der Waals surface area contributed by atoms with Crippen LogP contribution in [0, 0.1) is 6.92 Å². The van der Waals surface area contributed by atoms with Crippen LogP contribution in [0.2, 0.25) is 5.15 Å². The molecule has 0 unspecified atom stereocenters. The minimum absolute atomic E-state index is 0.0278. The Morgan fingerprint density at radius 3 is 2.57 bits per heavy atom. The maximum Gasteiger partial charge on any atom is 0.416 e. The van der Waals surface area contributed by atoms with E-state index < -0.39 is 11.7 Å². The van der Waals surface area contributed by atoms with E-state index in [-0.39, 0.29) is 22.7 Å². The van der Waals surface area contributed by atoms with Gasteiger partial charge in [-0.05, 0) is 25.1 Å². The average Bonchev–Trinajstić information content (AvgIpc) is 2.43. The van der Waals surface area contributed by atoms with Gasteiger partial charge in [-0.2, -0.15) is 23.1 Å². The van der Waals surface area contributed by atoms with Crippen molar-refractivity contribution in [3.8, 4) is 6.01 Å². The highest BCUT2D eigenvalue weighted by Gasteiger charge is 2.30. The molecule has 0 radical (unpaired) electrons. The Balaban J connectivity index is 2.36. The molecule has 0 aliphatic rings. The van der Waals surface area contributed by atoms with Crippen LogP contribution in [0.15, 0.2) is 24.3 Å². The Hall–Kier alpha value is -2.02. The highest BCUT2D eigenvalue weighted by atomic mass is 35.5. The van der Waals surface area contributed by atoms with Crippen LogP contribution in [0.3, 0.4) is 0 Å². The standard InChI is InChI=1S/C13H11ClF3N3O/c1-7-10(14)19-12(21-2)20-11(7)18-9-5-3-4-8(6-9)13(15,16)17/h3-6H,1-2H3,(H,18,19,20). The van der Waals surface area contributed by atoms with Crippen molar-refractivity contribution < 1.29 is 17.9 Å². The number of hydrogen-bond acceptors (Lipinski definition) is 4. The highest BCUT2D eigenvalue weighted by Crippen LogP contribution is 2.32. The highest BCUT2D eigenvalue weighted by molar-refractivity contribution is 6.30. The monoisotopic (exact) mass is 317 g/mol. The van der Waals surface area contributed by atoms with Crippen molar-refractivity contribution in [1.82, 2.24) is 9.97 Å². The van der Waals surface area contributed by atoms with Gasteiger partial charge in [-0.3, -0.25) is 0 Å². The lowest BCUT2D eigenvalue weighted by molar-refractivity contribution is -0.137. The number of alkyl halides is 3. The van der Waals surface area contributed by atoms with Crippen LogP contribution >= 0.6 is 11.6 Å². The smallest absolute Gasteiger partial charge is 0.416 e. The number of anilines is 2. The van der Waals surface area contributed by atoms with Gasteiger partial charge < -0.3 is 10.1 Å². The third-order valence-electron chi connectivity index (χ3n) is 2.70.